The van der Waals surface area contributed by atoms with Crippen molar-refractivity contribution in [3.8, 4) is 0 Å². The fourth-order valence-corrected chi connectivity index (χ4v) is 1.05. The van der Waals surface area contributed by atoms with E-state index in [0.717, 1.165) is 5.56 Å². The predicted molar refractivity (Wildman–Crippen MR) is 44.1 cm³/mol. The maximum Gasteiger partial charge on any atom is 0.358 e. The molecule has 1 aromatic rings. The molecule has 0 aliphatic rings. The number of hydrogen-bond donors (Lipinski definition) is 2. The highest BCUT2D eigenvalue weighted by molar-refractivity contribution is 7.87. The zero-order valence-electron chi connectivity index (χ0n) is 6.35. The number of nitrogens with zero attached hydrogens (tertiary/aromatic N) is 1. The van der Waals surface area contributed by atoms with E-state index in [0.29, 0.717) is 0 Å². The van der Waals surface area contributed by atoms with Crippen LogP contribution < -0.4 is 4.72 Å². The topological polar surface area (TPSA) is 79.3 Å². The number of aromatic nitrogens is 1. The third-order valence-corrected chi connectivity index (χ3v) is 1.61. The first kappa shape index (κ1) is 8.95. The van der Waals surface area contributed by atoms with Gasteiger partial charge in [0.25, 0.3) is 0 Å². The number of nitrogens with one attached hydrogen (secondary N) is 1. The minimum Gasteiger partial charge on any atom is -0.269 e. The minimum atomic E-state index is -4.20. The molecule has 12 heavy (non-hydrogen) atoms. The second-order valence-corrected chi connectivity index (χ2v) is 3.45. The van der Waals surface area contributed by atoms with Gasteiger partial charge in [0.2, 0.25) is 0 Å². The molecule has 0 saturated heterocycles. The van der Waals surface area contributed by atoms with Crippen molar-refractivity contribution in [3.63, 3.8) is 0 Å². The molecule has 0 radical (unpaired) electrons. The highest BCUT2D eigenvalue weighted by Crippen LogP contribution is 2.04. The molecule has 0 aromatic carbocycles. The van der Waals surface area contributed by atoms with Gasteiger partial charge in [-0.25, -0.2) is 9.71 Å². The second kappa shape index (κ2) is 3.08. The molecule has 2 N–H and O–H groups in total. The summed E-state index contributed by atoms with van der Waals surface area (Å²) in [5.41, 5.74) is 0.913. The summed E-state index contributed by atoms with van der Waals surface area (Å²) in [5, 5.41) is 0. The van der Waals surface area contributed by atoms with E-state index >= 15 is 0 Å². The molecule has 0 aliphatic heterocycles. The third kappa shape index (κ3) is 2.85. The second-order valence-electron chi connectivity index (χ2n) is 2.30. The van der Waals surface area contributed by atoms with Crippen molar-refractivity contribution in [2.45, 2.75) is 6.92 Å². The Hall–Kier alpha value is -1.14. The molecule has 0 saturated carbocycles. The Labute approximate surface area is 70.3 Å². The van der Waals surface area contributed by atoms with Crippen LogP contribution in [-0.4, -0.2) is 18.0 Å². The van der Waals surface area contributed by atoms with Gasteiger partial charge in [-0.1, -0.05) is 6.07 Å². The van der Waals surface area contributed by atoms with E-state index in [2.05, 4.69) is 4.98 Å². The molecule has 6 heteroatoms. The first-order valence-corrected chi connectivity index (χ1v) is 4.59. The molecule has 0 aliphatic carbocycles. The van der Waals surface area contributed by atoms with Gasteiger partial charge in [-0.05, 0) is 18.6 Å². The zero-order valence-corrected chi connectivity index (χ0v) is 7.17. The van der Waals surface area contributed by atoms with Gasteiger partial charge in [0, 0.05) is 6.20 Å². The summed E-state index contributed by atoms with van der Waals surface area (Å²) in [4.78, 5) is 3.71. The van der Waals surface area contributed by atoms with Gasteiger partial charge in [0.15, 0.2) is 0 Å². The van der Waals surface area contributed by atoms with Crippen molar-refractivity contribution in [2.24, 2.45) is 0 Å². The molecule has 0 spiro atoms. The molecule has 0 amide bonds. The molecular weight excluding hydrogens is 180 g/mol. The van der Waals surface area contributed by atoms with Crippen molar-refractivity contribution >= 4 is 16.1 Å². The molecule has 0 fully saturated rings. The van der Waals surface area contributed by atoms with Gasteiger partial charge in [0.05, 0.1) is 0 Å². The van der Waals surface area contributed by atoms with Crippen LogP contribution in [-0.2, 0) is 10.3 Å². The van der Waals surface area contributed by atoms with Crippen molar-refractivity contribution in [1.29, 1.82) is 0 Å². The number of pyridine rings is 1. The van der Waals surface area contributed by atoms with Crippen molar-refractivity contribution in [2.75, 3.05) is 4.72 Å². The lowest BCUT2D eigenvalue weighted by Gasteiger charge is -2.00. The highest BCUT2D eigenvalue weighted by Gasteiger charge is 2.03. The number of aryl methyl sites for hydroxylation is 1. The Morgan fingerprint density at radius 3 is 2.58 bits per heavy atom. The Bertz CT molecular complexity index is 357. The van der Waals surface area contributed by atoms with Crippen molar-refractivity contribution < 1.29 is 13.0 Å². The van der Waals surface area contributed by atoms with Gasteiger partial charge in [-0.2, -0.15) is 8.42 Å². The monoisotopic (exact) mass is 188 g/mol. The maximum atomic E-state index is 10.3. The van der Waals surface area contributed by atoms with Gasteiger partial charge >= 0.3 is 10.3 Å². The lowest BCUT2D eigenvalue weighted by molar-refractivity contribution is 0.489. The number of anilines is 1. The predicted octanol–water partition coefficient (Wildman–Crippen LogP) is 0.605. The highest BCUT2D eigenvalue weighted by atomic mass is 32.2. The van der Waals surface area contributed by atoms with Crippen LogP contribution in [0.25, 0.3) is 0 Å². The average molecular weight is 188 g/mol. The van der Waals surface area contributed by atoms with E-state index in [4.69, 9.17) is 4.55 Å². The Morgan fingerprint density at radius 2 is 2.17 bits per heavy atom. The van der Waals surface area contributed by atoms with Crippen LogP contribution in [0, 0.1) is 6.92 Å². The fraction of sp³-hybridized carbons (Fsp3) is 0.167. The lowest BCUT2D eigenvalue weighted by Crippen LogP contribution is -2.11. The average Bonchev–Trinajstić information content (AvgIpc) is 1.91. The summed E-state index contributed by atoms with van der Waals surface area (Å²) in [6.07, 6.45) is 1.49. The first-order valence-electron chi connectivity index (χ1n) is 3.15. The van der Waals surface area contributed by atoms with Gasteiger partial charge in [-0.3, -0.25) is 4.55 Å². The third-order valence-electron chi connectivity index (χ3n) is 1.14. The summed E-state index contributed by atoms with van der Waals surface area (Å²) in [5.74, 6) is 0.100. The van der Waals surface area contributed by atoms with Crippen LogP contribution in [0.15, 0.2) is 18.3 Å². The number of hydrogen-bond acceptors (Lipinski definition) is 3. The number of rotatable bonds is 2. The van der Waals surface area contributed by atoms with Crippen LogP contribution in [0.3, 0.4) is 0 Å². The van der Waals surface area contributed by atoms with Gasteiger partial charge in [0.1, 0.15) is 5.82 Å². The van der Waals surface area contributed by atoms with Crippen LogP contribution in [0.5, 0.6) is 0 Å². The molecule has 0 bridgehead atoms. The molecule has 5 nitrogen and oxygen atoms in total. The summed E-state index contributed by atoms with van der Waals surface area (Å²) in [7, 11) is -4.20. The smallest absolute Gasteiger partial charge is 0.269 e. The Balaban J connectivity index is 2.85. The summed E-state index contributed by atoms with van der Waals surface area (Å²) in [6, 6.07) is 3.14. The SMILES string of the molecule is Cc1ccc(NS(=O)(=O)O)nc1. The lowest BCUT2D eigenvalue weighted by atomic mass is 10.3. The van der Waals surface area contributed by atoms with Gasteiger partial charge in [-0.15, -0.1) is 0 Å². The van der Waals surface area contributed by atoms with E-state index in [1.807, 2.05) is 11.6 Å². The van der Waals surface area contributed by atoms with E-state index in [9.17, 15) is 8.42 Å². The molecule has 1 heterocycles. The van der Waals surface area contributed by atoms with Crippen LogP contribution in [0.2, 0.25) is 0 Å². The molecule has 0 atom stereocenters. The molecule has 66 valence electrons. The summed E-state index contributed by atoms with van der Waals surface area (Å²) >= 11 is 0. The quantitative estimate of drug-likeness (QED) is 0.666. The Kier molecular flexibility index (Phi) is 2.30. The van der Waals surface area contributed by atoms with Gasteiger partial charge < -0.3 is 0 Å². The normalized spacial score (nSPS) is 11.2. The van der Waals surface area contributed by atoms with Crippen molar-refractivity contribution in [1.82, 2.24) is 4.98 Å². The first-order chi connectivity index (χ1) is 5.47. The molecule has 0 unspecified atom stereocenters. The summed E-state index contributed by atoms with van der Waals surface area (Å²) < 4.78 is 30.8. The zero-order chi connectivity index (χ0) is 9.19. The Morgan fingerprint density at radius 1 is 1.50 bits per heavy atom. The van der Waals surface area contributed by atoms with Crippen LogP contribution in [0.1, 0.15) is 5.56 Å². The maximum absolute atomic E-state index is 10.3. The largest absolute Gasteiger partial charge is 0.358 e. The van der Waals surface area contributed by atoms with E-state index < -0.39 is 10.3 Å². The molecule has 1 aromatic heterocycles. The summed E-state index contributed by atoms with van der Waals surface area (Å²) in [6.45, 7) is 1.82. The fourth-order valence-electron chi connectivity index (χ4n) is 0.660. The standard InChI is InChI=1S/C6H8N2O3S/c1-5-2-3-6(7-4-5)8-12(9,10)11/h2-4H,1H3,(H,7,8)(H,9,10,11). The molecule has 1 rings (SSSR count). The van der Waals surface area contributed by atoms with Crippen molar-refractivity contribution in [3.05, 3.63) is 23.9 Å². The van der Waals surface area contributed by atoms with E-state index in [1.54, 1.807) is 6.07 Å². The minimum absolute atomic E-state index is 0.100. The van der Waals surface area contributed by atoms with Crippen LogP contribution in [0.4, 0.5) is 5.82 Å². The van der Waals surface area contributed by atoms with E-state index in [-0.39, 0.29) is 5.82 Å². The molecular formula is C6H8N2O3S. The van der Waals surface area contributed by atoms with Crippen LogP contribution >= 0.6 is 0 Å². The van der Waals surface area contributed by atoms with E-state index in [1.165, 1.54) is 12.3 Å².